The number of thioether (sulfide) groups is 3. The first-order valence-corrected chi connectivity index (χ1v) is 15.3. The van der Waals surface area contributed by atoms with Crippen molar-refractivity contribution in [2.24, 2.45) is 5.92 Å². The van der Waals surface area contributed by atoms with Crippen LogP contribution in [-0.2, 0) is 28.6 Å². The van der Waals surface area contributed by atoms with Gasteiger partial charge in [-0.25, -0.2) is 14.4 Å². The second kappa shape index (κ2) is 13.0. The van der Waals surface area contributed by atoms with Crippen LogP contribution in [-0.4, -0.2) is 87.2 Å². The van der Waals surface area contributed by atoms with E-state index in [2.05, 4.69) is 10.6 Å². The fraction of sp³-hybridized carbons (Fsp3) is 0.826. The summed E-state index contributed by atoms with van der Waals surface area (Å²) in [5.74, 6) is -3.82. The summed E-state index contributed by atoms with van der Waals surface area (Å²) in [6, 6.07) is -0.948. The summed E-state index contributed by atoms with van der Waals surface area (Å²) in [5.41, 5.74) is -4.59. The molecule has 208 valence electrons. The fourth-order valence-electron chi connectivity index (χ4n) is 4.58. The van der Waals surface area contributed by atoms with Crippen LogP contribution in [0.3, 0.4) is 0 Å². The Morgan fingerprint density at radius 3 is 1.78 bits per heavy atom. The molecule has 10 nitrogen and oxygen atoms in total. The number of alkyl carbamates (subject to hydrolysis) is 1. The van der Waals surface area contributed by atoms with Crippen molar-refractivity contribution in [1.82, 2.24) is 10.6 Å². The zero-order valence-electron chi connectivity index (χ0n) is 22.5. The lowest BCUT2D eigenvalue weighted by Crippen LogP contribution is -2.68. The Bertz CT molecular complexity index is 789. The lowest BCUT2D eigenvalue weighted by Gasteiger charge is -2.42. The van der Waals surface area contributed by atoms with Crippen molar-refractivity contribution < 1.29 is 38.5 Å². The number of carbonyl (C=O) groups is 4. The van der Waals surface area contributed by atoms with Gasteiger partial charge in [-0.15, -0.1) is 35.3 Å². The van der Waals surface area contributed by atoms with Gasteiger partial charge in [0.25, 0.3) is 0 Å². The predicted molar refractivity (Wildman–Crippen MR) is 144 cm³/mol. The van der Waals surface area contributed by atoms with Crippen LogP contribution < -0.4 is 10.6 Å². The maximum absolute atomic E-state index is 13.5. The van der Waals surface area contributed by atoms with E-state index in [0.717, 1.165) is 0 Å². The minimum Gasteiger partial charge on any atom is -0.464 e. The summed E-state index contributed by atoms with van der Waals surface area (Å²) in [7, 11) is 0. The third-order valence-corrected chi connectivity index (χ3v) is 11.6. The van der Waals surface area contributed by atoms with Gasteiger partial charge in [-0.3, -0.25) is 4.79 Å². The Morgan fingerprint density at radius 2 is 1.42 bits per heavy atom. The van der Waals surface area contributed by atoms with Crippen molar-refractivity contribution in [2.45, 2.75) is 80.6 Å². The lowest BCUT2D eigenvalue weighted by molar-refractivity contribution is -0.172. The normalized spacial score (nSPS) is 22.5. The largest absolute Gasteiger partial charge is 0.464 e. The monoisotopic (exact) mass is 568 g/mol. The van der Waals surface area contributed by atoms with Crippen LogP contribution in [0.1, 0.15) is 54.4 Å². The van der Waals surface area contributed by atoms with Gasteiger partial charge in [0, 0.05) is 18.9 Å². The highest BCUT2D eigenvalue weighted by molar-refractivity contribution is 8.33. The summed E-state index contributed by atoms with van der Waals surface area (Å²) < 4.78 is 15.1. The molecule has 3 atom stereocenters. The number of aliphatic hydroxyl groups is 1. The minimum atomic E-state index is -2.30. The molecule has 2 amide bonds. The maximum Gasteiger partial charge on any atom is 0.407 e. The molecule has 0 radical (unpaired) electrons. The molecule has 0 aromatic carbocycles. The third-order valence-electron chi connectivity index (χ3n) is 5.80. The molecule has 2 unspecified atom stereocenters. The molecule has 0 heterocycles. The van der Waals surface area contributed by atoms with Crippen LogP contribution in [0.25, 0.3) is 0 Å². The van der Waals surface area contributed by atoms with Crippen LogP contribution in [0.15, 0.2) is 0 Å². The smallest absolute Gasteiger partial charge is 0.407 e. The Labute approximate surface area is 226 Å². The second-order valence-electron chi connectivity index (χ2n) is 9.40. The number of amides is 2. The van der Waals surface area contributed by atoms with Gasteiger partial charge in [-0.05, 0) is 66.2 Å². The standard InChI is InChI=1S/C23H40N2O8S3/c1-10-31-17(27)22(25-14(3)26,18(28)32-11-2)15-12-21(30,23(34-7,35-8)36-9)13-16(15)24-19(29)33-20(4,5)6/h15-16,30H,10-13H2,1-9H3,(H,24,29)(H,25,26)/t15?,16?,21-/m0/s1. The Morgan fingerprint density at radius 1 is 0.944 bits per heavy atom. The number of esters is 2. The SMILES string of the molecule is CCOC(=O)C(NC(C)=O)(C(=O)OCC)C1C[C@@](O)(C(SC)(SC)SC)CC1NC(=O)OC(C)(C)C. The highest BCUT2D eigenvalue weighted by atomic mass is 32.3. The van der Waals surface area contributed by atoms with E-state index in [-0.39, 0.29) is 26.1 Å². The third kappa shape index (κ3) is 6.96. The molecule has 1 saturated carbocycles. The first-order chi connectivity index (χ1) is 16.6. The molecule has 3 N–H and O–H groups in total. The van der Waals surface area contributed by atoms with Crippen molar-refractivity contribution >= 4 is 59.2 Å². The zero-order valence-corrected chi connectivity index (χ0v) is 25.0. The van der Waals surface area contributed by atoms with E-state index >= 15 is 0 Å². The van der Waals surface area contributed by atoms with E-state index in [1.165, 1.54) is 42.2 Å². The molecule has 36 heavy (non-hydrogen) atoms. The first-order valence-electron chi connectivity index (χ1n) is 11.6. The topological polar surface area (TPSA) is 140 Å². The molecule has 0 spiro atoms. The van der Waals surface area contributed by atoms with Crippen LogP contribution in [0.4, 0.5) is 4.79 Å². The number of ether oxygens (including phenoxy) is 3. The highest BCUT2D eigenvalue weighted by Gasteiger charge is 2.67. The number of nitrogens with one attached hydrogen (secondary N) is 2. The van der Waals surface area contributed by atoms with Crippen LogP contribution in [0, 0.1) is 5.92 Å². The van der Waals surface area contributed by atoms with Crippen LogP contribution in [0.5, 0.6) is 0 Å². The van der Waals surface area contributed by atoms with Crippen LogP contribution in [0.2, 0.25) is 0 Å². The van der Waals surface area contributed by atoms with Crippen molar-refractivity contribution in [3.05, 3.63) is 0 Å². The summed E-state index contributed by atoms with van der Waals surface area (Å²) in [5, 5.41) is 17.3. The molecule has 13 heteroatoms. The van der Waals surface area contributed by atoms with E-state index < -0.39 is 56.1 Å². The molecule has 1 aliphatic rings. The van der Waals surface area contributed by atoms with E-state index in [9.17, 15) is 24.3 Å². The average molecular weight is 569 g/mol. The Kier molecular flexibility index (Phi) is 11.8. The Balaban J connectivity index is 3.81. The van der Waals surface area contributed by atoms with Crippen molar-refractivity contribution in [3.63, 3.8) is 0 Å². The summed E-state index contributed by atoms with van der Waals surface area (Å²) in [6.45, 7) is 9.29. The first kappa shape index (κ1) is 32.7. The summed E-state index contributed by atoms with van der Waals surface area (Å²) in [6.07, 6.45) is 4.65. The van der Waals surface area contributed by atoms with Crippen molar-refractivity contribution in [3.8, 4) is 0 Å². The van der Waals surface area contributed by atoms with E-state index in [0.29, 0.717) is 0 Å². The molecular formula is C23H40N2O8S3. The van der Waals surface area contributed by atoms with Gasteiger partial charge in [-0.2, -0.15) is 0 Å². The number of rotatable bonds is 11. The number of hydrogen-bond donors (Lipinski definition) is 3. The lowest BCUT2D eigenvalue weighted by atomic mass is 9.79. The molecule has 0 bridgehead atoms. The van der Waals surface area contributed by atoms with E-state index in [4.69, 9.17) is 14.2 Å². The quantitative estimate of drug-likeness (QED) is 0.147. The van der Waals surface area contributed by atoms with E-state index in [1.54, 1.807) is 34.6 Å². The van der Waals surface area contributed by atoms with Gasteiger partial charge in [0.15, 0.2) is 0 Å². The molecule has 0 aromatic heterocycles. The van der Waals surface area contributed by atoms with Gasteiger partial charge < -0.3 is 30.0 Å². The molecule has 1 aliphatic carbocycles. The summed E-state index contributed by atoms with van der Waals surface area (Å²) >= 11 is 4.26. The van der Waals surface area contributed by atoms with Gasteiger partial charge in [0.2, 0.25) is 11.4 Å². The molecule has 1 rings (SSSR count). The van der Waals surface area contributed by atoms with Crippen molar-refractivity contribution in [2.75, 3.05) is 32.0 Å². The number of hydrogen-bond acceptors (Lipinski definition) is 11. The molecular weight excluding hydrogens is 528 g/mol. The van der Waals surface area contributed by atoms with Crippen LogP contribution >= 0.6 is 35.3 Å². The van der Waals surface area contributed by atoms with Gasteiger partial charge >= 0.3 is 18.0 Å². The fourth-order valence-corrected chi connectivity index (χ4v) is 8.22. The molecule has 0 aliphatic heterocycles. The minimum absolute atomic E-state index is 0.0143. The molecule has 0 aromatic rings. The highest BCUT2D eigenvalue weighted by Crippen LogP contribution is 2.59. The predicted octanol–water partition coefficient (Wildman–Crippen LogP) is 2.76. The van der Waals surface area contributed by atoms with Gasteiger partial charge in [0.1, 0.15) is 14.6 Å². The maximum atomic E-state index is 13.5. The Hall–Kier alpha value is -1.31. The van der Waals surface area contributed by atoms with Crippen molar-refractivity contribution in [1.29, 1.82) is 0 Å². The second-order valence-corrected chi connectivity index (χ2v) is 13.2. The summed E-state index contributed by atoms with van der Waals surface area (Å²) in [4.78, 5) is 52.1. The molecule has 1 fully saturated rings. The zero-order chi connectivity index (χ0) is 27.9. The average Bonchev–Trinajstić information content (AvgIpc) is 3.09. The van der Waals surface area contributed by atoms with Gasteiger partial charge in [-0.1, -0.05) is 0 Å². The molecule has 0 saturated heterocycles. The van der Waals surface area contributed by atoms with E-state index in [1.807, 2.05) is 18.8 Å². The van der Waals surface area contributed by atoms with Gasteiger partial charge in [0.05, 0.1) is 13.2 Å². The number of carbonyl (C=O) groups excluding carboxylic acids is 4.